The van der Waals surface area contributed by atoms with E-state index in [1.165, 1.54) is 0 Å². The fourth-order valence-electron chi connectivity index (χ4n) is 1.90. The number of nitrogens with one attached hydrogen (secondary N) is 1. The summed E-state index contributed by atoms with van der Waals surface area (Å²) in [6.45, 7) is 6.23. The van der Waals surface area contributed by atoms with Crippen molar-refractivity contribution in [3.8, 4) is 0 Å². The number of aryl methyl sites for hydroxylation is 3. The minimum atomic E-state index is -0.234. The van der Waals surface area contributed by atoms with Crippen LogP contribution >= 0.6 is 0 Å². The van der Waals surface area contributed by atoms with Crippen molar-refractivity contribution in [3.63, 3.8) is 0 Å². The van der Waals surface area contributed by atoms with E-state index in [4.69, 9.17) is 4.52 Å². The lowest BCUT2D eigenvalue weighted by molar-refractivity contribution is -0.122. The van der Waals surface area contributed by atoms with E-state index < -0.39 is 0 Å². The minimum absolute atomic E-state index is 0.0531. The second-order valence-electron chi connectivity index (χ2n) is 4.65. The van der Waals surface area contributed by atoms with Crippen LogP contribution in [-0.4, -0.2) is 25.8 Å². The highest BCUT2D eigenvalue weighted by molar-refractivity contribution is 5.76. The smallest absolute Gasteiger partial charge is 0.249 e. The first-order chi connectivity index (χ1) is 9.60. The third kappa shape index (κ3) is 3.43. The highest BCUT2D eigenvalue weighted by Crippen LogP contribution is 2.14. The van der Waals surface area contributed by atoms with Crippen LogP contribution < -0.4 is 5.32 Å². The molecule has 0 aliphatic heterocycles. The third-order valence-corrected chi connectivity index (χ3v) is 3.06. The molecule has 0 aliphatic carbocycles. The molecular weight excluding hydrogens is 258 g/mol. The largest absolute Gasteiger partial charge is 0.344 e. The van der Waals surface area contributed by atoms with Crippen LogP contribution in [0.25, 0.3) is 0 Å². The fourth-order valence-corrected chi connectivity index (χ4v) is 1.90. The lowest BCUT2D eigenvalue weighted by Gasteiger charge is -2.13. The molecule has 0 unspecified atom stereocenters. The predicted molar refractivity (Wildman–Crippen MR) is 71.8 cm³/mol. The molecule has 7 nitrogen and oxygen atoms in total. The summed E-state index contributed by atoms with van der Waals surface area (Å²) in [5.74, 6) is 0.969. The molecule has 2 heterocycles. The van der Waals surface area contributed by atoms with Gasteiger partial charge in [-0.15, -0.1) is 0 Å². The van der Waals surface area contributed by atoms with Crippen LogP contribution in [0.2, 0.25) is 0 Å². The van der Waals surface area contributed by atoms with Gasteiger partial charge in [0.15, 0.2) is 5.82 Å². The number of hydrogen-bond donors (Lipinski definition) is 1. The van der Waals surface area contributed by atoms with E-state index in [1.54, 1.807) is 17.8 Å². The molecule has 2 rings (SSSR count). The van der Waals surface area contributed by atoms with Crippen molar-refractivity contribution in [3.05, 3.63) is 29.7 Å². The molecule has 0 saturated carbocycles. The monoisotopic (exact) mass is 277 g/mol. The van der Waals surface area contributed by atoms with Gasteiger partial charge in [-0.3, -0.25) is 9.48 Å². The molecular formula is C13H19N5O2. The number of rotatable bonds is 6. The molecule has 0 radical (unpaired) electrons. The van der Waals surface area contributed by atoms with Gasteiger partial charge in [0.1, 0.15) is 6.04 Å². The molecule has 1 amide bonds. The van der Waals surface area contributed by atoms with Gasteiger partial charge in [0.2, 0.25) is 11.8 Å². The van der Waals surface area contributed by atoms with Crippen LogP contribution in [0, 0.1) is 13.8 Å². The molecule has 1 N–H and O–H groups in total. The lowest BCUT2D eigenvalue weighted by Crippen LogP contribution is -2.29. The summed E-state index contributed by atoms with van der Waals surface area (Å²) in [5, 5.41) is 10.8. The molecule has 0 spiro atoms. The first kappa shape index (κ1) is 14.2. The van der Waals surface area contributed by atoms with Crippen molar-refractivity contribution in [2.75, 3.05) is 0 Å². The number of carbonyl (C=O) groups excluding carboxylic acids is 1. The van der Waals surface area contributed by atoms with Gasteiger partial charge in [-0.05, 0) is 26.3 Å². The fraction of sp³-hybridized carbons (Fsp3) is 0.538. The van der Waals surface area contributed by atoms with Crippen molar-refractivity contribution < 1.29 is 9.32 Å². The Morgan fingerprint density at radius 1 is 1.50 bits per heavy atom. The van der Waals surface area contributed by atoms with Gasteiger partial charge in [0.25, 0.3) is 0 Å². The number of hydrogen-bond acceptors (Lipinski definition) is 5. The van der Waals surface area contributed by atoms with Crippen LogP contribution in [0.3, 0.4) is 0 Å². The van der Waals surface area contributed by atoms with E-state index >= 15 is 0 Å². The number of nitrogens with zero attached hydrogens (tertiary/aromatic N) is 4. The Kier molecular flexibility index (Phi) is 4.49. The Morgan fingerprint density at radius 3 is 2.85 bits per heavy atom. The minimum Gasteiger partial charge on any atom is -0.344 e. The van der Waals surface area contributed by atoms with Gasteiger partial charge in [-0.2, -0.15) is 10.1 Å². The molecule has 7 heteroatoms. The molecule has 2 aromatic rings. The summed E-state index contributed by atoms with van der Waals surface area (Å²) in [6.07, 6.45) is 2.80. The van der Waals surface area contributed by atoms with Gasteiger partial charge >= 0.3 is 0 Å². The Labute approximate surface area is 117 Å². The summed E-state index contributed by atoms with van der Waals surface area (Å²) < 4.78 is 6.90. The van der Waals surface area contributed by atoms with Crippen LogP contribution in [0.15, 0.2) is 16.8 Å². The summed E-state index contributed by atoms with van der Waals surface area (Å²) >= 11 is 0. The normalized spacial score (nSPS) is 12.3. The summed E-state index contributed by atoms with van der Waals surface area (Å²) in [6, 6.07) is 1.68. The maximum absolute atomic E-state index is 12.0. The van der Waals surface area contributed by atoms with Crippen LogP contribution in [0.1, 0.15) is 43.2 Å². The Balaban J connectivity index is 1.88. The standard InChI is InChI=1S/C13H19N5O2/c1-4-11(13-15-10(3)17-20-13)16-12(19)6-8-18-9(2)5-7-14-18/h5,7,11H,4,6,8H2,1-3H3,(H,16,19)/t11-/m0/s1. The van der Waals surface area contributed by atoms with E-state index in [0.717, 1.165) is 5.69 Å². The second-order valence-corrected chi connectivity index (χ2v) is 4.65. The van der Waals surface area contributed by atoms with E-state index in [2.05, 4.69) is 20.6 Å². The van der Waals surface area contributed by atoms with E-state index in [9.17, 15) is 4.79 Å². The molecule has 2 aromatic heterocycles. The summed E-state index contributed by atoms with van der Waals surface area (Å²) in [7, 11) is 0. The average Bonchev–Trinajstić information content (AvgIpc) is 3.02. The summed E-state index contributed by atoms with van der Waals surface area (Å²) in [4.78, 5) is 16.1. The van der Waals surface area contributed by atoms with E-state index in [0.29, 0.717) is 31.1 Å². The van der Waals surface area contributed by atoms with Crippen molar-refractivity contribution >= 4 is 5.91 Å². The number of carbonyl (C=O) groups is 1. The van der Waals surface area contributed by atoms with Gasteiger partial charge in [0, 0.05) is 24.9 Å². The quantitative estimate of drug-likeness (QED) is 0.865. The molecule has 0 saturated heterocycles. The van der Waals surface area contributed by atoms with Gasteiger partial charge < -0.3 is 9.84 Å². The number of aromatic nitrogens is 4. The van der Waals surface area contributed by atoms with Crippen molar-refractivity contribution in [2.24, 2.45) is 0 Å². The van der Waals surface area contributed by atoms with Crippen molar-refractivity contribution in [2.45, 2.75) is 46.2 Å². The predicted octanol–water partition coefficient (Wildman–Crippen LogP) is 1.54. The van der Waals surface area contributed by atoms with E-state index in [-0.39, 0.29) is 11.9 Å². The van der Waals surface area contributed by atoms with Crippen molar-refractivity contribution in [1.82, 2.24) is 25.2 Å². The maximum Gasteiger partial charge on any atom is 0.249 e. The molecule has 0 aromatic carbocycles. The number of amides is 1. The Morgan fingerprint density at radius 2 is 2.30 bits per heavy atom. The molecule has 20 heavy (non-hydrogen) atoms. The second kappa shape index (κ2) is 6.31. The molecule has 108 valence electrons. The SMILES string of the molecule is CC[C@H](NC(=O)CCn1nccc1C)c1nc(C)no1. The zero-order chi connectivity index (χ0) is 14.5. The van der Waals surface area contributed by atoms with Gasteiger partial charge in [-0.25, -0.2) is 0 Å². The molecule has 0 aliphatic rings. The Bertz CT molecular complexity index is 575. The van der Waals surface area contributed by atoms with E-state index in [1.807, 2.05) is 19.9 Å². The van der Waals surface area contributed by atoms with Gasteiger partial charge in [-0.1, -0.05) is 12.1 Å². The molecule has 0 bridgehead atoms. The third-order valence-electron chi connectivity index (χ3n) is 3.06. The summed E-state index contributed by atoms with van der Waals surface area (Å²) in [5.41, 5.74) is 1.04. The zero-order valence-electron chi connectivity index (χ0n) is 12.0. The highest BCUT2D eigenvalue weighted by Gasteiger charge is 2.18. The van der Waals surface area contributed by atoms with Crippen LogP contribution in [0.4, 0.5) is 0 Å². The maximum atomic E-state index is 12.0. The lowest BCUT2D eigenvalue weighted by atomic mass is 10.2. The topological polar surface area (TPSA) is 85.8 Å². The highest BCUT2D eigenvalue weighted by atomic mass is 16.5. The van der Waals surface area contributed by atoms with Gasteiger partial charge in [0.05, 0.1) is 0 Å². The first-order valence-corrected chi connectivity index (χ1v) is 6.68. The van der Waals surface area contributed by atoms with Crippen LogP contribution in [0.5, 0.6) is 0 Å². The Hall–Kier alpha value is -2.18. The molecule has 1 atom stereocenters. The zero-order valence-corrected chi connectivity index (χ0v) is 12.0. The van der Waals surface area contributed by atoms with Crippen molar-refractivity contribution in [1.29, 1.82) is 0 Å². The molecule has 0 fully saturated rings. The first-order valence-electron chi connectivity index (χ1n) is 6.68. The average molecular weight is 277 g/mol. The van der Waals surface area contributed by atoms with Crippen LogP contribution in [-0.2, 0) is 11.3 Å².